The topological polar surface area (TPSA) is 45.5 Å². The summed E-state index contributed by atoms with van der Waals surface area (Å²) in [6.07, 6.45) is 10.7. The van der Waals surface area contributed by atoms with Crippen LogP contribution >= 0.6 is 0 Å². The van der Waals surface area contributed by atoms with E-state index in [2.05, 4.69) is 26.4 Å². The number of hydrogen-bond donors (Lipinski definition) is 1. The quantitative estimate of drug-likeness (QED) is 0.943. The van der Waals surface area contributed by atoms with Crippen molar-refractivity contribution in [3.63, 3.8) is 0 Å². The molecule has 0 spiro atoms. The smallest absolute Gasteiger partial charge is 0.152 e. The van der Waals surface area contributed by atoms with E-state index in [9.17, 15) is 0 Å². The molecule has 1 saturated carbocycles. The molecule has 0 radical (unpaired) electrons. The minimum absolute atomic E-state index is 0.510. The fourth-order valence-electron chi connectivity index (χ4n) is 4.02. The minimum Gasteiger partial charge on any atom is -0.364 e. The molecule has 1 N–H and O–H groups in total. The summed E-state index contributed by atoms with van der Waals surface area (Å²) >= 11 is 0. The van der Waals surface area contributed by atoms with Gasteiger partial charge in [-0.1, -0.05) is 12.8 Å². The zero-order chi connectivity index (χ0) is 14.9. The molecule has 5 nitrogen and oxygen atoms in total. The van der Waals surface area contributed by atoms with Crippen LogP contribution in [-0.4, -0.2) is 45.2 Å². The van der Waals surface area contributed by atoms with E-state index in [4.69, 9.17) is 0 Å². The van der Waals surface area contributed by atoms with Crippen LogP contribution < -0.4 is 5.32 Å². The zero-order valence-electron chi connectivity index (χ0n) is 13.3. The van der Waals surface area contributed by atoms with Gasteiger partial charge in [-0.05, 0) is 38.2 Å². The van der Waals surface area contributed by atoms with Crippen LogP contribution in [0.2, 0.25) is 0 Å². The van der Waals surface area contributed by atoms with Crippen molar-refractivity contribution in [1.29, 1.82) is 0 Å². The number of hydrogen-bond acceptors (Lipinski definition) is 4. The average Bonchev–Trinajstić information content (AvgIpc) is 3.21. The van der Waals surface area contributed by atoms with Gasteiger partial charge in [0.05, 0.1) is 5.69 Å². The van der Waals surface area contributed by atoms with Crippen LogP contribution in [-0.2, 0) is 0 Å². The Morgan fingerprint density at radius 1 is 1.27 bits per heavy atom. The molecular formula is C17H25N5. The monoisotopic (exact) mass is 299 g/mol. The van der Waals surface area contributed by atoms with Crippen LogP contribution in [0.25, 0.3) is 5.52 Å². The van der Waals surface area contributed by atoms with Crippen molar-refractivity contribution in [2.75, 3.05) is 25.0 Å². The molecule has 2 aliphatic rings. The van der Waals surface area contributed by atoms with E-state index in [1.807, 2.05) is 23.8 Å². The van der Waals surface area contributed by atoms with Gasteiger partial charge >= 0.3 is 0 Å². The van der Waals surface area contributed by atoms with E-state index in [0.717, 1.165) is 29.5 Å². The van der Waals surface area contributed by atoms with Crippen LogP contribution in [0.1, 0.15) is 37.8 Å². The lowest BCUT2D eigenvalue weighted by atomic mass is 10.1. The van der Waals surface area contributed by atoms with Crippen molar-refractivity contribution in [3.05, 3.63) is 24.2 Å². The molecule has 5 heteroatoms. The molecule has 1 aliphatic carbocycles. The lowest BCUT2D eigenvalue weighted by Gasteiger charge is -2.20. The first kappa shape index (κ1) is 14.0. The van der Waals surface area contributed by atoms with E-state index < -0.39 is 0 Å². The Bertz CT molecular complexity index is 644. The van der Waals surface area contributed by atoms with Gasteiger partial charge < -0.3 is 10.2 Å². The highest BCUT2D eigenvalue weighted by molar-refractivity contribution is 5.68. The third-order valence-electron chi connectivity index (χ3n) is 5.12. The van der Waals surface area contributed by atoms with Crippen LogP contribution in [0.15, 0.2) is 18.5 Å². The summed E-state index contributed by atoms with van der Waals surface area (Å²) in [5.74, 6) is 1.91. The summed E-state index contributed by atoms with van der Waals surface area (Å²) in [7, 11) is 0. The number of fused-ring (bicyclic) bond motifs is 1. The Morgan fingerprint density at radius 3 is 3.00 bits per heavy atom. The lowest BCUT2D eigenvalue weighted by Crippen LogP contribution is -2.30. The molecule has 2 aromatic heterocycles. The number of nitrogens with zero attached hydrogens (tertiary/aromatic N) is 4. The molecule has 3 heterocycles. The van der Waals surface area contributed by atoms with E-state index in [1.54, 1.807) is 0 Å². The largest absolute Gasteiger partial charge is 0.364 e. The number of nitrogens with one attached hydrogen (secondary N) is 1. The summed E-state index contributed by atoms with van der Waals surface area (Å²) in [5.41, 5.74) is 2.11. The molecule has 22 heavy (non-hydrogen) atoms. The Morgan fingerprint density at radius 2 is 2.14 bits per heavy atom. The first-order valence-electron chi connectivity index (χ1n) is 8.58. The molecule has 4 rings (SSSR count). The molecule has 1 saturated heterocycles. The van der Waals surface area contributed by atoms with Gasteiger partial charge in [0, 0.05) is 38.1 Å². The van der Waals surface area contributed by atoms with Crippen LogP contribution in [0, 0.1) is 12.8 Å². The summed E-state index contributed by atoms with van der Waals surface area (Å²) < 4.78 is 1.91. The van der Waals surface area contributed by atoms with Gasteiger partial charge in [-0.3, -0.25) is 0 Å². The molecule has 118 valence electrons. The van der Waals surface area contributed by atoms with Crippen LogP contribution in [0.5, 0.6) is 0 Å². The summed E-state index contributed by atoms with van der Waals surface area (Å²) in [6.45, 7) is 5.68. The maximum Gasteiger partial charge on any atom is 0.152 e. The van der Waals surface area contributed by atoms with Crippen molar-refractivity contribution < 1.29 is 0 Å². The maximum absolute atomic E-state index is 4.52. The van der Waals surface area contributed by atoms with Gasteiger partial charge in [-0.2, -0.15) is 5.10 Å². The second-order valence-electron chi connectivity index (χ2n) is 6.93. The van der Waals surface area contributed by atoms with Crippen molar-refractivity contribution >= 4 is 11.3 Å². The third-order valence-corrected chi connectivity index (χ3v) is 5.12. The van der Waals surface area contributed by atoms with Crippen molar-refractivity contribution in [2.24, 2.45) is 5.92 Å². The molecule has 0 aromatic carbocycles. The molecule has 0 bridgehead atoms. The first-order valence-corrected chi connectivity index (χ1v) is 8.58. The predicted octanol–water partition coefficient (Wildman–Crippen LogP) is 2.71. The highest BCUT2D eigenvalue weighted by Gasteiger charge is 2.26. The minimum atomic E-state index is 0.510. The Kier molecular flexibility index (Phi) is 3.74. The van der Waals surface area contributed by atoms with Gasteiger partial charge in [-0.25, -0.2) is 9.50 Å². The van der Waals surface area contributed by atoms with E-state index in [1.165, 1.54) is 45.2 Å². The first-order chi connectivity index (χ1) is 10.8. The molecule has 2 aromatic rings. The fourth-order valence-corrected chi connectivity index (χ4v) is 4.02. The fraction of sp³-hybridized carbons (Fsp3) is 0.647. The van der Waals surface area contributed by atoms with Gasteiger partial charge in [0.2, 0.25) is 0 Å². The lowest BCUT2D eigenvalue weighted by molar-refractivity contribution is 0.278. The van der Waals surface area contributed by atoms with E-state index in [-0.39, 0.29) is 0 Å². The van der Waals surface area contributed by atoms with Crippen molar-refractivity contribution in [1.82, 2.24) is 19.5 Å². The summed E-state index contributed by atoms with van der Waals surface area (Å²) in [6, 6.07) is 2.61. The van der Waals surface area contributed by atoms with E-state index >= 15 is 0 Å². The van der Waals surface area contributed by atoms with Crippen molar-refractivity contribution in [3.8, 4) is 0 Å². The molecule has 1 atom stereocenters. The summed E-state index contributed by atoms with van der Waals surface area (Å²) in [4.78, 5) is 7.16. The van der Waals surface area contributed by atoms with Gasteiger partial charge in [0.25, 0.3) is 0 Å². The Hall–Kier alpha value is -1.62. The van der Waals surface area contributed by atoms with Gasteiger partial charge in [0.15, 0.2) is 5.82 Å². The maximum atomic E-state index is 4.52. The normalized spacial score (nSPS) is 23.6. The highest BCUT2D eigenvalue weighted by Crippen LogP contribution is 2.27. The average molecular weight is 299 g/mol. The molecular weight excluding hydrogens is 274 g/mol. The molecule has 2 fully saturated rings. The number of likely N-dealkylation sites (tertiary alicyclic amines) is 1. The highest BCUT2D eigenvalue weighted by atomic mass is 15.3. The predicted molar refractivity (Wildman–Crippen MR) is 88.1 cm³/mol. The number of anilines is 1. The number of aryl methyl sites for hydroxylation is 1. The number of rotatable bonds is 4. The second-order valence-corrected chi connectivity index (χ2v) is 6.93. The standard InChI is InChI=1S/C17H25N5/c1-13-10-16-17(18-7-9-22(16)20-13)19-15-6-8-21(12-15)11-14-4-2-3-5-14/h7,9-10,14-15H,2-6,8,11-12H2,1H3,(H,18,19). The second kappa shape index (κ2) is 5.88. The third kappa shape index (κ3) is 2.82. The van der Waals surface area contributed by atoms with Gasteiger partial charge in [-0.15, -0.1) is 0 Å². The molecule has 1 unspecified atom stereocenters. The van der Waals surface area contributed by atoms with Crippen LogP contribution in [0.3, 0.4) is 0 Å². The Labute approximate surface area is 131 Å². The van der Waals surface area contributed by atoms with E-state index in [0.29, 0.717) is 6.04 Å². The SMILES string of the molecule is Cc1cc2c(NC3CCN(CC4CCCC4)C3)nccn2n1. The van der Waals surface area contributed by atoms with Crippen LogP contribution in [0.4, 0.5) is 5.82 Å². The van der Waals surface area contributed by atoms with Crippen molar-refractivity contribution in [2.45, 2.75) is 45.1 Å². The Balaban J connectivity index is 1.40. The van der Waals surface area contributed by atoms with Gasteiger partial charge in [0.1, 0.15) is 5.52 Å². The molecule has 0 amide bonds. The number of aromatic nitrogens is 3. The summed E-state index contributed by atoms with van der Waals surface area (Å²) in [5, 5.41) is 8.10. The zero-order valence-corrected chi connectivity index (χ0v) is 13.3. The molecule has 1 aliphatic heterocycles.